The molecule has 1 N–H and O–H groups in total. The van der Waals surface area contributed by atoms with Crippen LogP contribution in [0.5, 0.6) is 0 Å². The molecule has 0 aliphatic carbocycles. The number of aryl methyl sites for hydroxylation is 2. The average Bonchev–Trinajstić information content (AvgIpc) is 2.78. The zero-order valence-electron chi connectivity index (χ0n) is 12.9. The highest BCUT2D eigenvalue weighted by atomic mass is 19.1. The zero-order chi connectivity index (χ0) is 17.0. The third-order valence-electron chi connectivity index (χ3n) is 3.48. The highest BCUT2D eigenvalue weighted by Crippen LogP contribution is 2.21. The molecule has 23 heavy (non-hydrogen) atoms. The van der Waals surface area contributed by atoms with Crippen LogP contribution in [0.3, 0.4) is 0 Å². The van der Waals surface area contributed by atoms with Crippen LogP contribution in [-0.2, 0) is 17.9 Å². The Bertz CT molecular complexity index is 725. The Kier molecular flexibility index (Phi) is 5.05. The number of carbonyl (C=O) groups excluding carboxylic acids is 1. The van der Waals surface area contributed by atoms with Gasteiger partial charge in [-0.2, -0.15) is 5.10 Å². The van der Waals surface area contributed by atoms with Gasteiger partial charge in [0.25, 0.3) is 0 Å². The Hall–Kier alpha value is -2.77. The number of carbonyl (C=O) groups is 1. The van der Waals surface area contributed by atoms with Crippen LogP contribution in [0, 0.1) is 29.8 Å². The summed E-state index contributed by atoms with van der Waals surface area (Å²) < 4.78 is 14.2. The second-order valence-corrected chi connectivity index (χ2v) is 5.15. The number of aromatic nitrogens is 2. The molecule has 0 saturated carbocycles. The smallest absolute Gasteiger partial charge is 0.312 e. The molecule has 0 saturated heterocycles. The van der Waals surface area contributed by atoms with Crippen molar-refractivity contribution >= 4 is 11.6 Å². The summed E-state index contributed by atoms with van der Waals surface area (Å²) in [5.74, 6) is -0.532. The summed E-state index contributed by atoms with van der Waals surface area (Å²) in [6.07, 6.45) is 0.153. The van der Waals surface area contributed by atoms with E-state index in [1.807, 2.05) is 0 Å². The van der Waals surface area contributed by atoms with Crippen molar-refractivity contribution < 1.29 is 14.1 Å². The van der Waals surface area contributed by atoms with Crippen LogP contribution < -0.4 is 5.32 Å². The Morgan fingerprint density at radius 3 is 2.57 bits per heavy atom. The number of hydrogen-bond acceptors (Lipinski definition) is 4. The summed E-state index contributed by atoms with van der Waals surface area (Å²) in [4.78, 5) is 22.3. The van der Waals surface area contributed by atoms with Crippen LogP contribution in [-0.4, -0.2) is 20.6 Å². The molecule has 122 valence electrons. The highest BCUT2D eigenvalue weighted by molar-refractivity contribution is 5.75. The number of nitrogens with one attached hydrogen (secondary N) is 1. The second-order valence-electron chi connectivity index (χ2n) is 5.15. The molecular formula is C15H17FN4O3. The monoisotopic (exact) mass is 320 g/mol. The molecule has 1 aromatic heterocycles. The van der Waals surface area contributed by atoms with E-state index >= 15 is 0 Å². The maximum Gasteiger partial charge on any atom is 0.312 e. The van der Waals surface area contributed by atoms with Crippen molar-refractivity contribution in [3.05, 3.63) is 57.1 Å². The number of benzene rings is 1. The van der Waals surface area contributed by atoms with E-state index in [1.165, 1.54) is 16.8 Å². The predicted octanol–water partition coefficient (Wildman–Crippen LogP) is 2.25. The van der Waals surface area contributed by atoms with Gasteiger partial charge < -0.3 is 5.32 Å². The lowest BCUT2D eigenvalue weighted by atomic mass is 10.2. The van der Waals surface area contributed by atoms with Gasteiger partial charge in [0.1, 0.15) is 17.2 Å². The van der Waals surface area contributed by atoms with E-state index in [4.69, 9.17) is 0 Å². The van der Waals surface area contributed by atoms with Gasteiger partial charge in [0, 0.05) is 13.0 Å². The van der Waals surface area contributed by atoms with E-state index in [0.29, 0.717) is 17.9 Å². The quantitative estimate of drug-likeness (QED) is 0.653. The second kappa shape index (κ2) is 6.99. The van der Waals surface area contributed by atoms with Gasteiger partial charge in [-0.15, -0.1) is 0 Å². The minimum absolute atomic E-state index is 0.0169. The topological polar surface area (TPSA) is 90.1 Å². The SMILES string of the molecule is Cc1nn(CCC(=O)NCc2ccc(F)cc2)c(C)c1[N+](=O)[O-]. The Morgan fingerprint density at radius 2 is 2.00 bits per heavy atom. The Labute approximate surface area is 132 Å². The zero-order valence-corrected chi connectivity index (χ0v) is 12.9. The van der Waals surface area contributed by atoms with Crippen LogP contribution in [0.25, 0.3) is 0 Å². The van der Waals surface area contributed by atoms with Crippen LogP contribution in [0.4, 0.5) is 10.1 Å². The van der Waals surface area contributed by atoms with Crippen molar-refractivity contribution in [2.45, 2.75) is 33.4 Å². The van der Waals surface area contributed by atoms with Gasteiger partial charge in [0.15, 0.2) is 0 Å². The number of nitro groups is 1. The third kappa shape index (κ3) is 4.12. The van der Waals surface area contributed by atoms with E-state index in [0.717, 1.165) is 5.56 Å². The van der Waals surface area contributed by atoms with Gasteiger partial charge in [0.05, 0.1) is 11.5 Å². The lowest BCUT2D eigenvalue weighted by molar-refractivity contribution is -0.386. The molecule has 1 amide bonds. The first-order valence-corrected chi connectivity index (χ1v) is 7.08. The molecule has 7 nitrogen and oxygen atoms in total. The summed E-state index contributed by atoms with van der Waals surface area (Å²) in [6.45, 7) is 3.73. The van der Waals surface area contributed by atoms with Crippen molar-refractivity contribution in [3.63, 3.8) is 0 Å². The van der Waals surface area contributed by atoms with Crippen LogP contribution in [0.2, 0.25) is 0 Å². The third-order valence-corrected chi connectivity index (χ3v) is 3.48. The molecule has 2 rings (SSSR count). The van der Waals surface area contributed by atoms with E-state index in [9.17, 15) is 19.3 Å². The summed E-state index contributed by atoms with van der Waals surface area (Å²) in [5, 5.41) is 17.7. The van der Waals surface area contributed by atoms with Crippen molar-refractivity contribution in [1.29, 1.82) is 0 Å². The van der Waals surface area contributed by atoms with Gasteiger partial charge in [-0.25, -0.2) is 4.39 Å². The summed E-state index contributed by atoms with van der Waals surface area (Å²) in [7, 11) is 0. The van der Waals surface area contributed by atoms with E-state index in [2.05, 4.69) is 10.4 Å². The highest BCUT2D eigenvalue weighted by Gasteiger charge is 2.21. The van der Waals surface area contributed by atoms with Gasteiger partial charge in [0.2, 0.25) is 5.91 Å². The number of halogens is 1. The predicted molar refractivity (Wildman–Crippen MR) is 81.2 cm³/mol. The van der Waals surface area contributed by atoms with Gasteiger partial charge in [-0.05, 0) is 31.5 Å². The molecule has 1 heterocycles. The first-order valence-electron chi connectivity index (χ1n) is 7.08. The molecule has 2 aromatic rings. The molecule has 1 aromatic carbocycles. The largest absolute Gasteiger partial charge is 0.352 e. The molecule has 0 fully saturated rings. The normalized spacial score (nSPS) is 10.6. The maximum atomic E-state index is 12.8. The number of nitrogens with zero attached hydrogens (tertiary/aromatic N) is 3. The number of rotatable bonds is 6. The number of hydrogen-bond donors (Lipinski definition) is 1. The van der Waals surface area contributed by atoms with Crippen LogP contribution in [0.1, 0.15) is 23.4 Å². The van der Waals surface area contributed by atoms with E-state index in [-0.39, 0.29) is 30.4 Å². The molecule has 8 heteroatoms. The van der Waals surface area contributed by atoms with Gasteiger partial charge >= 0.3 is 5.69 Å². The average molecular weight is 320 g/mol. The molecule has 0 spiro atoms. The Morgan fingerprint density at radius 1 is 1.35 bits per heavy atom. The molecule has 0 radical (unpaired) electrons. The molecule has 0 atom stereocenters. The van der Waals surface area contributed by atoms with Crippen LogP contribution in [0.15, 0.2) is 24.3 Å². The minimum Gasteiger partial charge on any atom is -0.352 e. The van der Waals surface area contributed by atoms with Crippen molar-refractivity contribution in [1.82, 2.24) is 15.1 Å². The van der Waals surface area contributed by atoms with E-state index < -0.39 is 4.92 Å². The molecule has 0 bridgehead atoms. The van der Waals surface area contributed by atoms with Crippen molar-refractivity contribution in [3.8, 4) is 0 Å². The van der Waals surface area contributed by atoms with E-state index in [1.54, 1.807) is 26.0 Å². The minimum atomic E-state index is -0.469. The van der Waals surface area contributed by atoms with Crippen molar-refractivity contribution in [2.75, 3.05) is 0 Å². The van der Waals surface area contributed by atoms with Gasteiger partial charge in [-0.3, -0.25) is 19.6 Å². The summed E-state index contributed by atoms with van der Waals surface area (Å²) in [6, 6.07) is 5.85. The maximum absolute atomic E-state index is 12.8. The van der Waals surface area contributed by atoms with Crippen LogP contribution >= 0.6 is 0 Å². The number of amides is 1. The lowest BCUT2D eigenvalue weighted by Gasteiger charge is -2.06. The Balaban J connectivity index is 1.88. The molecule has 0 aliphatic rings. The van der Waals surface area contributed by atoms with Crippen molar-refractivity contribution in [2.24, 2.45) is 0 Å². The lowest BCUT2D eigenvalue weighted by Crippen LogP contribution is -2.24. The fourth-order valence-corrected chi connectivity index (χ4v) is 2.27. The fraction of sp³-hybridized carbons (Fsp3) is 0.333. The molecular weight excluding hydrogens is 303 g/mol. The summed E-state index contributed by atoms with van der Waals surface area (Å²) >= 11 is 0. The first kappa shape index (κ1) is 16.6. The first-order chi connectivity index (χ1) is 10.9. The molecule has 0 unspecified atom stereocenters. The summed E-state index contributed by atoms with van der Waals surface area (Å²) in [5.41, 5.74) is 1.54. The fourth-order valence-electron chi connectivity index (χ4n) is 2.27. The van der Waals surface area contributed by atoms with Gasteiger partial charge in [-0.1, -0.05) is 12.1 Å². The molecule has 0 aliphatic heterocycles. The standard InChI is InChI=1S/C15H17FN4O3/c1-10-15(20(22)23)11(2)19(18-10)8-7-14(21)17-9-12-3-5-13(16)6-4-12/h3-6H,7-9H2,1-2H3,(H,17,21).